The Balaban J connectivity index is 2.43. The molecule has 120 valence electrons. The molecule has 3 rings (SSSR count). The minimum Gasteiger partial charge on any atom is -0.303 e. The van der Waals surface area contributed by atoms with Gasteiger partial charge < -0.3 is 4.79 Å². The maximum Gasteiger partial charge on any atom is 0.255 e. The highest BCUT2D eigenvalue weighted by atomic mass is 16.1. The lowest BCUT2D eigenvalue weighted by Gasteiger charge is -2.40. The molecule has 0 fully saturated rings. The molecule has 1 aromatic heterocycles. The number of rotatable bonds is 2. The highest BCUT2D eigenvalue weighted by molar-refractivity contribution is 5.81. The molecule has 0 radical (unpaired) electrons. The maximum atomic E-state index is 12.4. The number of nitrogens with zero attached hydrogens (tertiary/aromatic N) is 2. The Labute approximate surface area is 140 Å². The van der Waals surface area contributed by atoms with E-state index in [1.165, 1.54) is 6.07 Å². The summed E-state index contributed by atoms with van der Waals surface area (Å²) in [6.07, 6.45) is 2.68. The molecule has 1 heterocycles. The normalized spacial score (nSPS) is 18.7. The number of carbonyl (C=O) groups is 1. The molecule has 1 aliphatic rings. The second kappa shape index (κ2) is 5.61. The molecule has 0 saturated carbocycles. The molecule has 1 aromatic carbocycles. The Morgan fingerprint density at radius 2 is 2.00 bits per heavy atom. The van der Waals surface area contributed by atoms with Crippen LogP contribution in [0.15, 0.2) is 53.0 Å². The molecular weight excluding hydrogens is 300 g/mol. The first-order valence-corrected chi connectivity index (χ1v) is 7.81. The quantitative estimate of drug-likeness (QED) is 0.798. The number of aromatic nitrogens is 1. The first-order chi connectivity index (χ1) is 11.4. The molecule has 4 heteroatoms. The van der Waals surface area contributed by atoms with Crippen molar-refractivity contribution in [1.29, 1.82) is 5.26 Å². The summed E-state index contributed by atoms with van der Waals surface area (Å²) >= 11 is 0. The largest absolute Gasteiger partial charge is 0.303 e. The van der Waals surface area contributed by atoms with Crippen molar-refractivity contribution in [1.82, 2.24) is 4.57 Å². The van der Waals surface area contributed by atoms with E-state index in [0.717, 1.165) is 28.7 Å². The Hall–Kier alpha value is -2.93. The van der Waals surface area contributed by atoms with Crippen LogP contribution in [-0.2, 0) is 4.79 Å². The third-order valence-corrected chi connectivity index (χ3v) is 5.07. The van der Waals surface area contributed by atoms with Crippen LogP contribution in [-0.4, -0.2) is 10.9 Å². The first-order valence-electron chi connectivity index (χ1n) is 7.81. The molecule has 0 bridgehead atoms. The standard InChI is InChI=1S/C20H18N2O2/c1-13-19(22-9-5-4-6-18(22)24)16-10-14(11-21)7-8-15(16)17(12-23)20(13,2)3/h4-10,12,17H,1-3H3. The van der Waals surface area contributed by atoms with Crippen molar-refractivity contribution in [2.24, 2.45) is 5.41 Å². The van der Waals surface area contributed by atoms with Gasteiger partial charge in [0.2, 0.25) is 0 Å². The van der Waals surface area contributed by atoms with Crippen LogP contribution < -0.4 is 5.56 Å². The number of pyridine rings is 1. The van der Waals surface area contributed by atoms with Gasteiger partial charge in [0, 0.05) is 29.2 Å². The van der Waals surface area contributed by atoms with Gasteiger partial charge in [-0.05, 0) is 36.3 Å². The van der Waals surface area contributed by atoms with Crippen molar-refractivity contribution in [3.8, 4) is 6.07 Å². The molecule has 1 unspecified atom stereocenters. The third-order valence-electron chi connectivity index (χ3n) is 5.07. The SMILES string of the molecule is CC1=C(n2ccccc2=O)c2cc(C#N)ccc2C(C=O)C1(C)C. The van der Waals surface area contributed by atoms with Crippen LogP contribution >= 0.6 is 0 Å². The van der Waals surface area contributed by atoms with Crippen molar-refractivity contribution in [2.75, 3.05) is 0 Å². The summed E-state index contributed by atoms with van der Waals surface area (Å²) in [7, 11) is 0. The zero-order valence-electron chi connectivity index (χ0n) is 13.9. The third kappa shape index (κ3) is 2.21. The van der Waals surface area contributed by atoms with E-state index in [4.69, 9.17) is 0 Å². The number of carbonyl (C=O) groups excluding carboxylic acids is 1. The van der Waals surface area contributed by atoms with Crippen molar-refractivity contribution < 1.29 is 4.79 Å². The number of aldehydes is 1. The van der Waals surface area contributed by atoms with E-state index in [9.17, 15) is 14.9 Å². The van der Waals surface area contributed by atoms with Gasteiger partial charge >= 0.3 is 0 Å². The predicted octanol–water partition coefficient (Wildman–Crippen LogP) is 3.32. The predicted molar refractivity (Wildman–Crippen MR) is 92.4 cm³/mol. The molecule has 0 spiro atoms. The van der Waals surface area contributed by atoms with E-state index < -0.39 is 5.41 Å². The van der Waals surface area contributed by atoms with E-state index in [0.29, 0.717) is 5.56 Å². The summed E-state index contributed by atoms with van der Waals surface area (Å²) in [4.78, 5) is 24.2. The Bertz CT molecular complexity index is 958. The fraction of sp³-hybridized carbons (Fsp3) is 0.250. The second-order valence-corrected chi connectivity index (χ2v) is 6.63. The van der Waals surface area contributed by atoms with Gasteiger partial charge in [-0.1, -0.05) is 26.0 Å². The maximum absolute atomic E-state index is 12.4. The number of nitriles is 1. The highest BCUT2D eigenvalue weighted by Gasteiger charge is 2.40. The fourth-order valence-corrected chi connectivity index (χ4v) is 3.40. The van der Waals surface area contributed by atoms with E-state index in [2.05, 4.69) is 6.07 Å². The molecule has 0 saturated heterocycles. The highest BCUT2D eigenvalue weighted by Crippen LogP contribution is 2.49. The van der Waals surface area contributed by atoms with Gasteiger partial charge in [0.25, 0.3) is 5.56 Å². The molecule has 0 aliphatic heterocycles. The zero-order chi connectivity index (χ0) is 17.5. The lowest BCUT2D eigenvalue weighted by atomic mass is 9.65. The van der Waals surface area contributed by atoms with Gasteiger partial charge in [0.15, 0.2) is 0 Å². The van der Waals surface area contributed by atoms with Gasteiger partial charge in [-0.15, -0.1) is 0 Å². The molecule has 0 N–H and O–H groups in total. The lowest BCUT2D eigenvalue weighted by molar-refractivity contribution is -0.110. The smallest absolute Gasteiger partial charge is 0.255 e. The fourth-order valence-electron chi connectivity index (χ4n) is 3.40. The number of fused-ring (bicyclic) bond motifs is 1. The summed E-state index contributed by atoms with van der Waals surface area (Å²) in [6.45, 7) is 5.97. The van der Waals surface area contributed by atoms with E-state index in [1.54, 1.807) is 35.0 Å². The minimum absolute atomic E-state index is 0.138. The Morgan fingerprint density at radius 3 is 2.62 bits per heavy atom. The van der Waals surface area contributed by atoms with Crippen LogP contribution in [0.3, 0.4) is 0 Å². The average Bonchev–Trinajstić information content (AvgIpc) is 2.57. The van der Waals surface area contributed by atoms with Crippen LogP contribution in [0.1, 0.15) is 43.4 Å². The van der Waals surface area contributed by atoms with Crippen molar-refractivity contribution in [2.45, 2.75) is 26.7 Å². The van der Waals surface area contributed by atoms with Gasteiger partial charge in [0.1, 0.15) is 6.29 Å². The van der Waals surface area contributed by atoms with Crippen LogP contribution in [0.4, 0.5) is 0 Å². The summed E-state index contributed by atoms with van der Waals surface area (Å²) < 4.78 is 1.60. The number of benzene rings is 1. The average molecular weight is 318 g/mol. The van der Waals surface area contributed by atoms with Crippen molar-refractivity contribution >= 4 is 12.0 Å². The molecule has 4 nitrogen and oxygen atoms in total. The number of hydrogen-bond donors (Lipinski definition) is 0. The van der Waals surface area contributed by atoms with Gasteiger partial charge in [-0.3, -0.25) is 9.36 Å². The molecule has 24 heavy (non-hydrogen) atoms. The number of hydrogen-bond acceptors (Lipinski definition) is 3. The summed E-state index contributed by atoms with van der Waals surface area (Å²) in [5, 5.41) is 9.24. The van der Waals surface area contributed by atoms with Crippen LogP contribution in [0.5, 0.6) is 0 Å². The topological polar surface area (TPSA) is 62.9 Å². The number of allylic oxidation sites excluding steroid dienone is 1. The Kier molecular flexibility index (Phi) is 3.73. The van der Waals surface area contributed by atoms with E-state index in [-0.39, 0.29) is 11.5 Å². The summed E-state index contributed by atoms with van der Waals surface area (Å²) in [5.74, 6) is -0.316. The molecular formula is C20H18N2O2. The summed E-state index contributed by atoms with van der Waals surface area (Å²) in [6, 6.07) is 12.4. The summed E-state index contributed by atoms with van der Waals surface area (Å²) in [5.41, 5.74) is 3.29. The van der Waals surface area contributed by atoms with Crippen LogP contribution in [0.25, 0.3) is 5.70 Å². The molecule has 1 aliphatic carbocycles. The van der Waals surface area contributed by atoms with Gasteiger partial charge in [-0.25, -0.2) is 0 Å². The van der Waals surface area contributed by atoms with Crippen LogP contribution in [0.2, 0.25) is 0 Å². The zero-order valence-corrected chi connectivity index (χ0v) is 13.9. The molecule has 1 atom stereocenters. The van der Waals surface area contributed by atoms with Gasteiger partial charge in [-0.2, -0.15) is 5.26 Å². The van der Waals surface area contributed by atoms with E-state index >= 15 is 0 Å². The van der Waals surface area contributed by atoms with E-state index in [1.807, 2.05) is 26.8 Å². The molecule has 0 amide bonds. The second-order valence-electron chi connectivity index (χ2n) is 6.63. The minimum atomic E-state index is -0.423. The van der Waals surface area contributed by atoms with Gasteiger partial charge in [0.05, 0.1) is 17.3 Å². The van der Waals surface area contributed by atoms with Crippen molar-refractivity contribution in [3.05, 3.63) is 75.2 Å². The monoisotopic (exact) mass is 318 g/mol. The van der Waals surface area contributed by atoms with Crippen LogP contribution in [0, 0.1) is 16.7 Å². The molecule has 2 aromatic rings. The first kappa shape index (κ1) is 15.9. The lowest BCUT2D eigenvalue weighted by Crippen LogP contribution is -2.33. The Morgan fingerprint density at radius 1 is 1.25 bits per heavy atom. The van der Waals surface area contributed by atoms with Crippen molar-refractivity contribution in [3.63, 3.8) is 0 Å².